The summed E-state index contributed by atoms with van der Waals surface area (Å²) in [5.41, 5.74) is 0.0350. The van der Waals surface area contributed by atoms with Crippen LogP contribution in [0.3, 0.4) is 0 Å². The third-order valence-corrected chi connectivity index (χ3v) is 3.94. The third kappa shape index (κ3) is 4.81. The van der Waals surface area contributed by atoms with Gasteiger partial charge in [0.1, 0.15) is 5.76 Å². The van der Waals surface area contributed by atoms with Gasteiger partial charge in [0.05, 0.1) is 32.7 Å². The molecule has 1 heterocycles. The number of hydrogen-bond donors (Lipinski definition) is 1. The summed E-state index contributed by atoms with van der Waals surface area (Å²) < 4.78 is 21.4. The largest absolute Gasteiger partial charge is 0.502 e. The summed E-state index contributed by atoms with van der Waals surface area (Å²) in [7, 11) is 2.78. The van der Waals surface area contributed by atoms with Gasteiger partial charge >= 0.3 is 5.97 Å². The maximum absolute atomic E-state index is 12.0. The molecule has 0 unspecified atom stereocenters. The van der Waals surface area contributed by atoms with Gasteiger partial charge < -0.3 is 23.7 Å². The number of aryl methyl sites for hydroxylation is 1. The SMILES string of the molecule is COC(=O)C[C@@H](c1ccc(OC(C)C)c(OC)c1)c1oc(C)cc(=O)c1O. The summed E-state index contributed by atoms with van der Waals surface area (Å²) in [6, 6.07) is 6.32. The Morgan fingerprint density at radius 2 is 1.89 bits per heavy atom. The van der Waals surface area contributed by atoms with Gasteiger partial charge in [-0.1, -0.05) is 6.07 Å². The number of carbonyl (C=O) groups excluding carboxylic acids is 1. The predicted octanol–water partition coefficient (Wildman–Crippen LogP) is 3.14. The number of rotatable bonds is 7. The summed E-state index contributed by atoms with van der Waals surface area (Å²) in [6.45, 7) is 5.39. The van der Waals surface area contributed by atoms with E-state index in [1.165, 1.54) is 20.3 Å². The van der Waals surface area contributed by atoms with Crippen LogP contribution in [-0.4, -0.2) is 31.4 Å². The number of methoxy groups -OCH3 is 2. The number of carbonyl (C=O) groups is 1. The second-order valence-corrected chi connectivity index (χ2v) is 6.34. The van der Waals surface area contributed by atoms with E-state index in [-0.39, 0.29) is 18.3 Å². The third-order valence-electron chi connectivity index (χ3n) is 3.94. The van der Waals surface area contributed by atoms with Gasteiger partial charge in [-0.3, -0.25) is 9.59 Å². The molecule has 2 aromatic rings. The first-order valence-electron chi connectivity index (χ1n) is 8.51. The van der Waals surface area contributed by atoms with Crippen LogP contribution in [0.5, 0.6) is 17.2 Å². The van der Waals surface area contributed by atoms with Gasteiger partial charge in [-0.05, 0) is 38.5 Å². The standard InChI is InChI=1S/C20H24O7/c1-11(2)26-16-7-6-13(9-17(16)24-4)14(10-18(22)25-5)20-19(23)15(21)8-12(3)27-20/h6-9,11,14,23H,10H2,1-5H3/t14-/m0/s1. The average molecular weight is 376 g/mol. The van der Waals surface area contributed by atoms with Gasteiger partial charge in [0, 0.05) is 6.07 Å². The number of benzene rings is 1. The van der Waals surface area contributed by atoms with Gasteiger partial charge in [-0.2, -0.15) is 0 Å². The maximum Gasteiger partial charge on any atom is 0.306 e. The lowest BCUT2D eigenvalue weighted by Gasteiger charge is -2.19. The summed E-state index contributed by atoms with van der Waals surface area (Å²) in [6.07, 6.45) is -0.168. The lowest BCUT2D eigenvalue weighted by atomic mass is 9.92. The van der Waals surface area contributed by atoms with Crippen LogP contribution in [0.1, 0.15) is 43.3 Å². The van der Waals surface area contributed by atoms with Crippen LogP contribution in [0, 0.1) is 6.92 Å². The summed E-state index contributed by atoms with van der Waals surface area (Å²) in [4.78, 5) is 23.9. The first kappa shape index (κ1) is 20.4. The quantitative estimate of drug-likeness (QED) is 0.742. The van der Waals surface area contributed by atoms with Crippen LogP contribution in [-0.2, 0) is 9.53 Å². The zero-order valence-corrected chi connectivity index (χ0v) is 16.1. The van der Waals surface area contributed by atoms with Crippen molar-refractivity contribution in [3.05, 3.63) is 51.6 Å². The average Bonchev–Trinajstić information content (AvgIpc) is 2.62. The van der Waals surface area contributed by atoms with Gasteiger partial charge in [0.15, 0.2) is 17.3 Å². The fourth-order valence-electron chi connectivity index (χ4n) is 2.73. The number of ether oxygens (including phenoxy) is 3. The molecule has 7 heteroatoms. The second kappa shape index (κ2) is 8.62. The van der Waals surface area contributed by atoms with E-state index in [1.807, 2.05) is 13.8 Å². The Hall–Kier alpha value is -2.96. The van der Waals surface area contributed by atoms with Crippen LogP contribution in [0.25, 0.3) is 0 Å². The van der Waals surface area contributed by atoms with Crippen molar-refractivity contribution in [3.8, 4) is 17.2 Å². The molecule has 0 amide bonds. The van der Waals surface area contributed by atoms with E-state index in [0.717, 1.165) is 0 Å². The molecule has 146 valence electrons. The highest BCUT2D eigenvalue weighted by atomic mass is 16.5. The molecule has 1 N–H and O–H groups in total. The Labute approximate surface area is 157 Å². The zero-order chi connectivity index (χ0) is 20.1. The fourth-order valence-corrected chi connectivity index (χ4v) is 2.73. The Morgan fingerprint density at radius 3 is 2.48 bits per heavy atom. The molecule has 2 rings (SSSR count). The minimum atomic E-state index is -0.730. The van der Waals surface area contributed by atoms with Crippen LogP contribution in [0.2, 0.25) is 0 Å². The van der Waals surface area contributed by atoms with Crippen molar-refractivity contribution < 1.29 is 28.5 Å². The Kier molecular flexibility index (Phi) is 6.50. The van der Waals surface area contributed by atoms with Crippen LogP contribution in [0.4, 0.5) is 0 Å². The highest BCUT2D eigenvalue weighted by Crippen LogP contribution is 2.38. The van der Waals surface area contributed by atoms with Gasteiger partial charge in [0.2, 0.25) is 11.2 Å². The molecule has 27 heavy (non-hydrogen) atoms. The predicted molar refractivity (Wildman–Crippen MR) is 98.6 cm³/mol. The van der Waals surface area contributed by atoms with Gasteiger partial charge in [-0.25, -0.2) is 0 Å². The van der Waals surface area contributed by atoms with Crippen molar-refractivity contribution in [1.82, 2.24) is 0 Å². The van der Waals surface area contributed by atoms with Crippen LogP contribution >= 0.6 is 0 Å². The first-order chi connectivity index (χ1) is 12.8. The summed E-state index contributed by atoms with van der Waals surface area (Å²) in [5, 5.41) is 10.2. The molecule has 0 saturated heterocycles. The highest BCUT2D eigenvalue weighted by molar-refractivity contribution is 5.71. The molecule has 0 spiro atoms. The first-order valence-corrected chi connectivity index (χ1v) is 8.51. The number of esters is 1. The lowest BCUT2D eigenvalue weighted by molar-refractivity contribution is -0.140. The van der Waals surface area contributed by atoms with Crippen LogP contribution < -0.4 is 14.9 Å². The number of hydrogen-bond acceptors (Lipinski definition) is 7. The van der Waals surface area contributed by atoms with Crippen LogP contribution in [0.15, 0.2) is 33.5 Å². The zero-order valence-electron chi connectivity index (χ0n) is 16.1. The maximum atomic E-state index is 12.0. The van der Waals surface area contributed by atoms with E-state index >= 15 is 0 Å². The normalized spacial score (nSPS) is 11.9. The lowest BCUT2D eigenvalue weighted by Crippen LogP contribution is -2.14. The van der Waals surface area contributed by atoms with E-state index in [2.05, 4.69) is 0 Å². The van der Waals surface area contributed by atoms with Crippen molar-refractivity contribution in [2.75, 3.05) is 14.2 Å². The fraction of sp³-hybridized carbons (Fsp3) is 0.400. The molecule has 0 aliphatic carbocycles. The Morgan fingerprint density at radius 1 is 1.19 bits per heavy atom. The molecule has 1 atom stereocenters. The van der Waals surface area contributed by atoms with E-state index in [9.17, 15) is 14.7 Å². The molecule has 0 aliphatic heterocycles. The molecule has 0 radical (unpaired) electrons. The smallest absolute Gasteiger partial charge is 0.306 e. The Balaban J connectivity index is 2.58. The van der Waals surface area contributed by atoms with Gasteiger partial charge in [0.25, 0.3) is 0 Å². The summed E-state index contributed by atoms with van der Waals surface area (Å²) >= 11 is 0. The number of aromatic hydroxyl groups is 1. The summed E-state index contributed by atoms with van der Waals surface area (Å²) in [5.74, 6) is -0.430. The minimum absolute atomic E-state index is 0.00461. The second-order valence-electron chi connectivity index (χ2n) is 6.34. The molecule has 7 nitrogen and oxygen atoms in total. The molecule has 0 saturated carbocycles. The van der Waals surface area contributed by atoms with Crippen molar-refractivity contribution in [2.24, 2.45) is 0 Å². The molecular weight excluding hydrogens is 352 g/mol. The van der Waals surface area contributed by atoms with Crippen molar-refractivity contribution in [3.63, 3.8) is 0 Å². The Bertz CT molecular complexity index is 867. The van der Waals surface area contributed by atoms with E-state index in [1.54, 1.807) is 25.1 Å². The highest BCUT2D eigenvalue weighted by Gasteiger charge is 2.27. The molecule has 0 aliphatic rings. The topological polar surface area (TPSA) is 95.2 Å². The van der Waals surface area contributed by atoms with E-state index in [4.69, 9.17) is 18.6 Å². The minimum Gasteiger partial charge on any atom is -0.502 e. The molecule has 1 aromatic heterocycles. The van der Waals surface area contributed by atoms with Crippen molar-refractivity contribution in [2.45, 2.75) is 39.2 Å². The van der Waals surface area contributed by atoms with E-state index < -0.39 is 23.1 Å². The molecule has 1 aromatic carbocycles. The van der Waals surface area contributed by atoms with Crippen molar-refractivity contribution >= 4 is 5.97 Å². The monoisotopic (exact) mass is 376 g/mol. The van der Waals surface area contributed by atoms with Gasteiger partial charge in [-0.15, -0.1) is 0 Å². The molecular formula is C20H24O7. The molecule has 0 fully saturated rings. The van der Waals surface area contributed by atoms with Crippen molar-refractivity contribution in [1.29, 1.82) is 0 Å². The van der Waals surface area contributed by atoms with E-state index in [0.29, 0.717) is 22.8 Å². The molecule has 0 bridgehead atoms.